The highest BCUT2D eigenvalue weighted by Crippen LogP contribution is 2.36. The Labute approximate surface area is 199 Å². The fraction of sp³-hybridized carbons (Fsp3) is 0.214. The fourth-order valence-electron chi connectivity index (χ4n) is 3.86. The number of nitrogens with one attached hydrogen (secondary N) is 1. The van der Waals surface area contributed by atoms with Gasteiger partial charge in [0.2, 0.25) is 0 Å². The predicted octanol–water partition coefficient (Wildman–Crippen LogP) is 6.65. The number of aryl methyl sites for hydroxylation is 1. The third-order valence-corrected chi connectivity index (χ3v) is 6.35. The summed E-state index contributed by atoms with van der Waals surface area (Å²) in [5, 5.41) is 3.80. The minimum atomic E-state index is -0.390. The van der Waals surface area contributed by atoms with E-state index in [9.17, 15) is 9.59 Å². The number of imide groups is 1. The van der Waals surface area contributed by atoms with Crippen LogP contribution in [-0.4, -0.2) is 11.8 Å². The standard InChI is InChI=1S/C28H27ClN2O2/c1-17-9-11-19(12-10-17)24-25(30-23-8-6-7-22(29)18(23)2)27(33)31(26(24)32)21-15-13-20(14-16-21)28(3,4)5/h6-16,30H,1-5H3. The monoisotopic (exact) mass is 458 g/mol. The van der Waals surface area contributed by atoms with E-state index < -0.39 is 5.91 Å². The first-order valence-electron chi connectivity index (χ1n) is 10.9. The molecule has 168 valence electrons. The SMILES string of the molecule is Cc1ccc(C2=C(Nc3cccc(Cl)c3C)C(=O)N(c3ccc(C(C)(C)C)cc3)C2=O)cc1. The van der Waals surface area contributed by atoms with E-state index in [-0.39, 0.29) is 17.0 Å². The van der Waals surface area contributed by atoms with Gasteiger partial charge < -0.3 is 5.32 Å². The maximum absolute atomic E-state index is 13.6. The molecule has 0 atom stereocenters. The molecule has 0 fully saturated rings. The number of amides is 2. The summed E-state index contributed by atoms with van der Waals surface area (Å²) in [5.41, 5.74) is 5.50. The Balaban J connectivity index is 1.80. The van der Waals surface area contributed by atoms with Crippen molar-refractivity contribution in [2.45, 2.75) is 40.0 Å². The number of hydrogen-bond acceptors (Lipinski definition) is 3. The molecule has 33 heavy (non-hydrogen) atoms. The van der Waals surface area contributed by atoms with E-state index in [1.165, 1.54) is 4.90 Å². The zero-order chi connectivity index (χ0) is 23.9. The van der Waals surface area contributed by atoms with Crippen LogP contribution in [0.4, 0.5) is 11.4 Å². The zero-order valence-corrected chi connectivity index (χ0v) is 20.2. The number of carbonyl (C=O) groups excluding carboxylic acids is 2. The molecule has 0 unspecified atom stereocenters. The minimum absolute atomic E-state index is 0.0281. The van der Waals surface area contributed by atoms with Gasteiger partial charge in [0.05, 0.1) is 11.3 Å². The maximum atomic E-state index is 13.6. The lowest BCUT2D eigenvalue weighted by atomic mass is 9.87. The molecular weight excluding hydrogens is 432 g/mol. The Bertz CT molecular complexity index is 1270. The molecule has 0 saturated heterocycles. The lowest BCUT2D eigenvalue weighted by molar-refractivity contribution is -0.120. The average molecular weight is 459 g/mol. The molecule has 1 N–H and O–H groups in total. The third kappa shape index (κ3) is 4.31. The summed E-state index contributed by atoms with van der Waals surface area (Å²) >= 11 is 6.29. The van der Waals surface area contributed by atoms with Crippen LogP contribution in [0.25, 0.3) is 5.57 Å². The summed E-state index contributed by atoms with van der Waals surface area (Å²) in [4.78, 5) is 28.5. The van der Waals surface area contributed by atoms with Crippen LogP contribution >= 0.6 is 11.6 Å². The maximum Gasteiger partial charge on any atom is 0.282 e. The highest BCUT2D eigenvalue weighted by molar-refractivity contribution is 6.46. The van der Waals surface area contributed by atoms with Crippen LogP contribution in [0.5, 0.6) is 0 Å². The number of rotatable bonds is 4. The van der Waals surface area contributed by atoms with Crippen molar-refractivity contribution in [2.75, 3.05) is 10.2 Å². The van der Waals surface area contributed by atoms with Crippen LogP contribution in [0.3, 0.4) is 0 Å². The molecule has 0 radical (unpaired) electrons. The molecule has 1 aliphatic rings. The number of anilines is 2. The summed E-state index contributed by atoms with van der Waals surface area (Å²) in [7, 11) is 0. The van der Waals surface area contributed by atoms with E-state index in [0.29, 0.717) is 27.5 Å². The quantitative estimate of drug-likeness (QED) is 0.445. The molecule has 0 spiro atoms. The van der Waals surface area contributed by atoms with Crippen molar-refractivity contribution in [2.24, 2.45) is 0 Å². The third-order valence-electron chi connectivity index (χ3n) is 5.94. The van der Waals surface area contributed by atoms with Gasteiger partial charge in [-0.2, -0.15) is 0 Å². The topological polar surface area (TPSA) is 49.4 Å². The van der Waals surface area contributed by atoms with Crippen LogP contribution < -0.4 is 10.2 Å². The second-order valence-corrected chi connectivity index (χ2v) is 9.80. The highest BCUT2D eigenvalue weighted by atomic mass is 35.5. The molecule has 1 heterocycles. The largest absolute Gasteiger partial charge is 0.350 e. The van der Waals surface area contributed by atoms with E-state index in [0.717, 1.165) is 16.7 Å². The van der Waals surface area contributed by atoms with Crippen molar-refractivity contribution in [3.8, 4) is 0 Å². The smallest absolute Gasteiger partial charge is 0.282 e. The van der Waals surface area contributed by atoms with Crippen molar-refractivity contribution >= 4 is 40.4 Å². The van der Waals surface area contributed by atoms with Crippen molar-refractivity contribution < 1.29 is 9.59 Å². The molecule has 1 aliphatic heterocycles. The Morgan fingerprint density at radius 1 is 0.818 bits per heavy atom. The predicted molar refractivity (Wildman–Crippen MR) is 136 cm³/mol. The second-order valence-electron chi connectivity index (χ2n) is 9.40. The fourth-order valence-corrected chi connectivity index (χ4v) is 4.03. The average Bonchev–Trinajstić information content (AvgIpc) is 3.01. The highest BCUT2D eigenvalue weighted by Gasteiger charge is 2.40. The molecule has 2 amide bonds. The zero-order valence-electron chi connectivity index (χ0n) is 19.5. The number of hydrogen-bond donors (Lipinski definition) is 1. The second kappa shape index (κ2) is 8.53. The molecular formula is C28H27ClN2O2. The van der Waals surface area contributed by atoms with Gasteiger partial charge in [-0.25, -0.2) is 4.90 Å². The molecule has 0 bridgehead atoms. The molecule has 0 saturated carbocycles. The Morgan fingerprint density at radius 3 is 2.06 bits per heavy atom. The van der Waals surface area contributed by atoms with E-state index in [4.69, 9.17) is 11.6 Å². The summed E-state index contributed by atoms with van der Waals surface area (Å²) in [5.74, 6) is -0.743. The van der Waals surface area contributed by atoms with E-state index in [1.807, 2.05) is 74.5 Å². The molecule has 3 aromatic carbocycles. The molecule has 4 rings (SSSR count). The van der Waals surface area contributed by atoms with Crippen molar-refractivity contribution in [1.29, 1.82) is 0 Å². The van der Waals surface area contributed by atoms with Gasteiger partial charge in [-0.05, 0) is 60.2 Å². The summed E-state index contributed by atoms with van der Waals surface area (Å²) in [6, 6.07) is 20.7. The van der Waals surface area contributed by atoms with Crippen LogP contribution in [0, 0.1) is 13.8 Å². The van der Waals surface area contributed by atoms with Crippen molar-refractivity contribution in [3.63, 3.8) is 0 Å². The van der Waals surface area contributed by atoms with Gasteiger partial charge in [0.1, 0.15) is 5.70 Å². The van der Waals surface area contributed by atoms with Gasteiger partial charge in [-0.3, -0.25) is 9.59 Å². The Morgan fingerprint density at radius 2 is 1.45 bits per heavy atom. The van der Waals surface area contributed by atoms with Gasteiger partial charge in [-0.1, -0.05) is 80.4 Å². The van der Waals surface area contributed by atoms with Crippen LogP contribution in [0.15, 0.2) is 72.4 Å². The van der Waals surface area contributed by atoms with Crippen molar-refractivity contribution in [1.82, 2.24) is 0 Å². The van der Waals surface area contributed by atoms with E-state index in [1.54, 1.807) is 6.07 Å². The molecule has 0 aliphatic carbocycles. The Hall–Kier alpha value is -3.37. The number of benzene rings is 3. The van der Waals surface area contributed by atoms with Gasteiger partial charge in [-0.15, -0.1) is 0 Å². The lowest BCUT2D eigenvalue weighted by Gasteiger charge is -2.21. The van der Waals surface area contributed by atoms with Crippen molar-refractivity contribution in [3.05, 3.63) is 99.7 Å². The summed E-state index contributed by atoms with van der Waals surface area (Å²) < 4.78 is 0. The number of nitrogens with zero attached hydrogens (tertiary/aromatic N) is 1. The first-order chi connectivity index (χ1) is 15.6. The van der Waals surface area contributed by atoms with E-state index in [2.05, 4.69) is 26.1 Å². The van der Waals surface area contributed by atoms with Gasteiger partial charge in [0.25, 0.3) is 11.8 Å². The molecule has 5 heteroatoms. The van der Waals surface area contributed by atoms with Gasteiger partial charge >= 0.3 is 0 Å². The number of halogens is 1. The van der Waals surface area contributed by atoms with Crippen LogP contribution in [0.1, 0.15) is 43.0 Å². The van der Waals surface area contributed by atoms with Crippen LogP contribution in [0.2, 0.25) is 5.02 Å². The summed E-state index contributed by atoms with van der Waals surface area (Å²) in [6.07, 6.45) is 0. The van der Waals surface area contributed by atoms with Crippen LogP contribution in [-0.2, 0) is 15.0 Å². The first-order valence-corrected chi connectivity index (χ1v) is 11.3. The van der Waals surface area contributed by atoms with Gasteiger partial charge in [0, 0.05) is 10.7 Å². The van der Waals surface area contributed by atoms with E-state index >= 15 is 0 Å². The van der Waals surface area contributed by atoms with Gasteiger partial charge in [0.15, 0.2) is 0 Å². The number of carbonyl (C=O) groups is 2. The molecule has 4 nitrogen and oxygen atoms in total. The molecule has 0 aromatic heterocycles. The normalized spacial score (nSPS) is 14.3. The summed E-state index contributed by atoms with van der Waals surface area (Å²) in [6.45, 7) is 10.2. The molecule has 3 aromatic rings. The Kier molecular flexibility index (Phi) is 5.89. The first kappa shape index (κ1) is 22.8. The lowest BCUT2D eigenvalue weighted by Crippen LogP contribution is -2.32. The minimum Gasteiger partial charge on any atom is -0.350 e.